The second-order valence-electron chi connectivity index (χ2n) is 7.88. The molecule has 6 nitrogen and oxygen atoms in total. The fourth-order valence-electron chi connectivity index (χ4n) is 4.17. The van der Waals surface area contributed by atoms with E-state index in [4.69, 9.17) is 0 Å². The molecule has 150 valence electrons. The summed E-state index contributed by atoms with van der Waals surface area (Å²) in [5.41, 5.74) is 0. The van der Waals surface area contributed by atoms with E-state index < -0.39 is 15.8 Å². The van der Waals surface area contributed by atoms with Crippen molar-refractivity contribution in [2.45, 2.75) is 25.2 Å². The van der Waals surface area contributed by atoms with Crippen LogP contribution in [0.4, 0.5) is 4.39 Å². The van der Waals surface area contributed by atoms with Crippen LogP contribution in [0.25, 0.3) is 0 Å². The van der Waals surface area contributed by atoms with Crippen molar-refractivity contribution in [2.75, 3.05) is 45.8 Å². The Morgan fingerprint density at radius 3 is 2.33 bits per heavy atom. The van der Waals surface area contributed by atoms with Gasteiger partial charge in [-0.25, -0.2) is 12.8 Å². The average molecular weight is 398 g/mol. The molecule has 2 unspecified atom stereocenters. The molecule has 2 aliphatic rings. The Hall–Kier alpha value is -1.51. The van der Waals surface area contributed by atoms with Crippen LogP contribution in [0.5, 0.6) is 0 Å². The molecule has 1 aromatic rings. The fourth-order valence-corrected chi connectivity index (χ4v) is 5.62. The standard InChI is InChI=1S/C19H28FN3O3S/c1-15-10-16(2)13-21(12-15)14-19(24)22-6-8-23(9-7-22)27(25,26)18-5-3-4-17(20)11-18/h3-5,11,15-16H,6-10,12-14H2,1-2H3. The van der Waals surface area contributed by atoms with Gasteiger partial charge >= 0.3 is 0 Å². The third kappa shape index (κ3) is 4.86. The van der Waals surface area contributed by atoms with Gasteiger partial charge in [-0.15, -0.1) is 0 Å². The zero-order valence-corrected chi connectivity index (χ0v) is 16.8. The van der Waals surface area contributed by atoms with Crippen molar-refractivity contribution in [1.29, 1.82) is 0 Å². The Balaban J connectivity index is 1.56. The van der Waals surface area contributed by atoms with E-state index in [1.807, 2.05) is 0 Å². The van der Waals surface area contributed by atoms with Gasteiger partial charge in [-0.05, 0) is 36.5 Å². The smallest absolute Gasteiger partial charge is 0.243 e. The minimum absolute atomic E-state index is 0.0430. The van der Waals surface area contributed by atoms with Gasteiger partial charge in [0.2, 0.25) is 15.9 Å². The molecule has 0 bridgehead atoms. The summed E-state index contributed by atoms with van der Waals surface area (Å²) in [5.74, 6) is 0.665. The number of carbonyl (C=O) groups excluding carboxylic acids is 1. The molecular formula is C19H28FN3O3S. The maximum absolute atomic E-state index is 13.4. The van der Waals surface area contributed by atoms with Crippen LogP contribution in [-0.2, 0) is 14.8 Å². The van der Waals surface area contributed by atoms with Crippen LogP contribution in [0.1, 0.15) is 20.3 Å². The van der Waals surface area contributed by atoms with Gasteiger partial charge in [0.15, 0.2) is 0 Å². The van der Waals surface area contributed by atoms with E-state index in [0.717, 1.165) is 19.2 Å². The summed E-state index contributed by atoms with van der Waals surface area (Å²) in [6.07, 6.45) is 1.20. The Morgan fingerprint density at radius 1 is 1.11 bits per heavy atom. The predicted octanol–water partition coefficient (Wildman–Crippen LogP) is 1.64. The minimum Gasteiger partial charge on any atom is -0.339 e. The van der Waals surface area contributed by atoms with Crippen molar-refractivity contribution in [1.82, 2.24) is 14.1 Å². The van der Waals surface area contributed by atoms with Crippen LogP contribution >= 0.6 is 0 Å². The van der Waals surface area contributed by atoms with Gasteiger partial charge in [-0.1, -0.05) is 19.9 Å². The van der Waals surface area contributed by atoms with Gasteiger partial charge in [0, 0.05) is 39.3 Å². The molecule has 0 N–H and O–H groups in total. The molecule has 1 aromatic carbocycles. The van der Waals surface area contributed by atoms with Crippen molar-refractivity contribution < 1.29 is 17.6 Å². The number of sulfonamides is 1. The highest BCUT2D eigenvalue weighted by Crippen LogP contribution is 2.21. The molecule has 2 atom stereocenters. The fraction of sp³-hybridized carbons (Fsp3) is 0.632. The molecule has 2 fully saturated rings. The van der Waals surface area contributed by atoms with Crippen molar-refractivity contribution in [3.05, 3.63) is 30.1 Å². The zero-order chi connectivity index (χ0) is 19.6. The van der Waals surface area contributed by atoms with E-state index in [-0.39, 0.29) is 23.9 Å². The van der Waals surface area contributed by atoms with Gasteiger partial charge < -0.3 is 4.90 Å². The van der Waals surface area contributed by atoms with E-state index in [9.17, 15) is 17.6 Å². The molecule has 0 aromatic heterocycles. The summed E-state index contributed by atoms with van der Waals surface area (Å²) in [4.78, 5) is 16.5. The summed E-state index contributed by atoms with van der Waals surface area (Å²) >= 11 is 0. The third-order valence-corrected chi connectivity index (χ3v) is 7.22. The van der Waals surface area contributed by atoms with Gasteiger partial charge in [0.25, 0.3) is 0 Å². The first kappa shape index (κ1) is 20.2. The lowest BCUT2D eigenvalue weighted by Gasteiger charge is -2.38. The monoisotopic (exact) mass is 397 g/mol. The van der Waals surface area contributed by atoms with Gasteiger partial charge in [0.05, 0.1) is 11.4 Å². The second kappa shape index (κ2) is 8.24. The summed E-state index contributed by atoms with van der Waals surface area (Å²) in [6, 6.07) is 5.04. The summed E-state index contributed by atoms with van der Waals surface area (Å²) in [6.45, 7) is 7.89. The number of benzene rings is 1. The number of likely N-dealkylation sites (tertiary alicyclic amines) is 1. The number of nitrogens with zero attached hydrogens (tertiary/aromatic N) is 3. The van der Waals surface area contributed by atoms with Crippen molar-refractivity contribution in [3.63, 3.8) is 0 Å². The topological polar surface area (TPSA) is 60.9 Å². The molecule has 27 heavy (non-hydrogen) atoms. The molecule has 0 aliphatic carbocycles. The number of piperazine rings is 1. The molecular weight excluding hydrogens is 369 g/mol. The SMILES string of the molecule is CC1CC(C)CN(CC(=O)N2CCN(S(=O)(=O)c3cccc(F)c3)CC2)C1. The van der Waals surface area contributed by atoms with Crippen LogP contribution in [0.15, 0.2) is 29.2 Å². The van der Waals surface area contributed by atoms with E-state index in [1.165, 1.54) is 28.9 Å². The van der Waals surface area contributed by atoms with Crippen molar-refractivity contribution in [3.8, 4) is 0 Å². The predicted molar refractivity (Wildman–Crippen MR) is 101 cm³/mol. The largest absolute Gasteiger partial charge is 0.339 e. The molecule has 3 rings (SSSR count). The Bertz CT molecular complexity index is 768. The third-order valence-electron chi connectivity index (χ3n) is 5.33. The second-order valence-corrected chi connectivity index (χ2v) is 9.82. The number of carbonyl (C=O) groups is 1. The van der Waals surface area contributed by atoms with Crippen LogP contribution in [0.2, 0.25) is 0 Å². The summed E-state index contributed by atoms with van der Waals surface area (Å²) in [7, 11) is -3.73. The minimum atomic E-state index is -3.73. The molecule has 8 heteroatoms. The quantitative estimate of drug-likeness (QED) is 0.775. The average Bonchev–Trinajstić information content (AvgIpc) is 2.61. The molecule has 2 saturated heterocycles. The summed E-state index contributed by atoms with van der Waals surface area (Å²) < 4.78 is 40.0. The highest BCUT2D eigenvalue weighted by atomic mass is 32.2. The maximum atomic E-state index is 13.4. The zero-order valence-electron chi connectivity index (χ0n) is 16.0. The number of hydrogen-bond acceptors (Lipinski definition) is 4. The van der Waals surface area contributed by atoms with Crippen LogP contribution in [-0.4, -0.2) is 74.2 Å². The Kier molecular flexibility index (Phi) is 6.18. The number of piperidine rings is 1. The molecule has 0 radical (unpaired) electrons. The molecule has 0 spiro atoms. The van der Waals surface area contributed by atoms with Crippen LogP contribution < -0.4 is 0 Å². The van der Waals surface area contributed by atoms with Crippen LogP contribution in [0, 0.1) is 17.7 Å². The number of amides is 1. The lowest BCUT2D eigenvalue weighted by molar-refractivity contribution is -0.134. The van der Waals surface area contributed by atoms with Crippen molar-refractivity contribution >= 4 is 15.9 Å². The van der Waals surface area contributed by atoms with Crippen LogP contribution in [0.3, 0.4) is 0 Å². The normalized spacial score (nSPS) is 25.5. The Morgan fingerprint density at radius 2 is 1.74 bits per heavy atom. The van der Waals surface area contributed by atoms with Gasteiger partial charge in [-0.2, -0.15) is 4.31 Å². The van der Waals surface area contributed by atoms with Crippen molar-refractivity contribution in [2.24, 2.45) is 11.8 Å². The first-order valence-corrected chi connectivity index (χ1v) is 11.0. The molecule has 1 amide bonds. The van der Waals surface area contributed by atoms with E-state index in [1.54, 1.807) is 4.90 Å². The highest BCUT2D eigenvalue weighted by molar-refractivity contribution is 7.89. The Labute approximate surface area is 161 Å². The van der Waals surface area contributed by atoms with Gasteiger partial charge in [-0.3, -0.25) is 9.69 Å². The lowest BCUT2D eigenvalue weighted by atomic mass is 9.92. The number of hydrogen-bond donors (Lipinski definition) is 0. The first-order valence-electron chi connectivity index (χ1n) is 9.51. The molecule has 0 saturated carbocycles. The maximum Gasteiger partial charge on any atom is 0.243 e. The first-order chi connectivity index (χ1) is 12.8. The van der Waals surface area contributed by atoms with E-state index in [0.29, 0.717) is 31.5 Å². The highest BCUT2D eigenvalue weighted by Gasteiger charge is 2.31. The number of halogens is 1. The van der Waals surface area contributed by atoms with Gasteiger partial charge in [0.1, 0.15) is 5.82 Å². The lowest BCUT2D eigenvalue weighted by Crippen LogP contribution is -2.53. The molecule has 2 aliphatic heterocycles. The van der Waals surface area contributed by atoms with E-state index >= 15 is 0 Å². The number of rotatable bonds is 4. The summed E-state index contributed by atoms with van der Waals surface area (Å²) in [5, 5.41) is 0. The molecule has 2 heterocycles. The van der Waals surface area contributed by atoms with E-state index in [2.05, 4.69) is 18.7 Å².